The third-order valence-electron chi connectivity index (χ3n) is 6.74. The SMILES string of the molecule is COc1ccc2c3c1OC1C(=O)CCC4C(C2)[NH+](C)CCC314.O.O=P([O-])(O)O. The summed E-state index contributed by atoms with van der Waals surface area (Å²) < 4.78 is 20.6. The number of rotatable bonds is 1. The Morgan fingerprint density at radius 1 is 1.39 bits per heavy atom. The lowest BCUT2D eigenvalue weighted by Crippen LogP contribution is -3.16. The van der Waals surface area contributed by atoms with Crippen molar-refractivity contribution in [2.45, 2.75) is 43.2 Å². The first-order valence-electron chi connectivity index (χ1n) is 9.15. The van der Waals surface area contributed by atoms with Crippen molar-refractivity contribution in [3.05, 3.63) is 23.3 Å². The molecule has 2 bridgehead atoms. The van der Waals surface area contributed by atoms with E-state index in [1.165, 1.54) is 11.1 Å². The molecule has 0 radical (unpaired) electrons. The number of hydrogen-bond acceptors (Lipinski definition) is 5. The third kappa shape index (κ3) is 3.07. The fourth-order valence-electron chi connectivity index (χ4n) is 5.82. The summed E-state index contributed by atoms with van der Waals surface area (Å²) in [5.41, 5.74) is 2.63. The van der Waals surface area contributed by atoms with Crippen molar-refractivity contribution in [1.29, 1.82) is 0 Å². The van der Waals surface area contributed by atoms with E-state index in [-0.39, 0.29) is 17.0 Å². The predicted octanol–water partition coefficient (Wildman–Crippen LogP) is -1.87. The van der Waals surface area contributed by atoms with E-state index in [2.05, 4.69) is 13.1 Å². The summed E-state index contributed by atoms with van der Waals surface area (Å²) in [6.07, 6.45) is 3.59. The van der Waals surface area contributed by atoms with Crippen LogP contribution in [-0.2, 0) is 21.2 Å². The zero-order valence-electron chi connectivity index (χ0n) is 15.8. The van der Waals surface area contributed by atoms with Gasteiger partial charge in [0.25, 0.3) is 7.82 Å². The number of hydrogen-bond donors (Lipinski definition) is 3. The molecular weight excluding hydrogens is 389 g/mol. The van der Waals surface area contributed by atoms with E-state index >= 15 is 0 Å². The number of carbonyl (C=O) groups excluding carboxylic acids is 1. The van der Waals surface area contributed by atoms with Crippen LogP contribution in [0.25, 0.3) is 0 Å². The Bertz CT molecular complexity index is 831. The van der Waals surface area contributed by atoms with Crippen molar-refractivity contribution in [2.75, 3.05) is 20.7 Å². The molecule has 1 saturated heterocycles. The molecule has 2 heterocycles. The van der Waals surface area contributed by atoms with E-state index in [4.69, 9.17) is 28.7 Å². The summed E-state index contributed by atoms with van der Waals surface area (Å²) in [7, 11) is -0.890. The van der Waals surface area contributed by atoms with Gasteiger partial charge in [-0.25, -0.2) is 0 Å². The van der Waals surface area contributed by atoms with Crippen LogP contribution in [0.15, 0.2) is 12.1 Å². The lowest BCUT2D eigenvalue weighted by molar-refractivity contribution is -0.919. The van der Waals surface area contributed by atoms with E-state index in [0.717, 1.165) is 37.3 Å². The van der Waals surface area contributed by atoms with Crippen molar-refractivity contribution in [2.24, 2.45) is 5.92 Å². The first kappa shape index (κ1) is 21.2. The summed E-state index contributed by atoms with van der Waals surface area (Å²) in [5.74, 6) is 2.52. The third-order valence-corrected chi connectivity index (χ3v) is 6.74. The second kappa shape index (κ2) is 7.09. The summed E-state index contributed by atoms with van der Waals surface area (Å²) >= 11 is 0. The van der Waals surface area contributed by atoms with Crippen molar-refractivity contribution in [1.82, 2.24) is 0 Å². The van der Waals surface area contributed by atoms with Crippen molar-refractivity contribution in [3.63, 3.8) is 0 Å². The van der Waals surface area contributed by atoms with E-state index in [0.29, 0.717) is 24.2 Å². The summed E-state index contributed by atoms with van der Waals surface area (Å²) in [4.78, 5) is 37.2. The number of ether oxygens (including phenoxy) is 2. The maximum atomic E-state index is 12.6. The molecule has 1 spiro atoms. The fourth-order valence-corrected chi connectivity index (χ4v) is 5.82. The van der Waals surface area contributed by atoms with Crippen LogP contribution in [0.3, 0.4) is 0 Å². The Hall–Kier alpha value is -1.48. The van der Waals surface area contributed by atoms with Gasteiger partial charge in [-0.3, -0.25) is 9.36 Å². The Balaban J connectivity index is 0.000000338. The lowest BCUT2D eigenvalue weighted by Gasteiger charge is -2.54. The average molecular weight is 415 g/mol. The number of benzene rings is 1. The number of likely N-dealkylation sites (N-methyl/N-ethyl adjacent to an activating group) is 1. The van der Waals surface area contributed by atoms with Crippen LogP contribution in [0.2, 0.25) is 0 Å². The van der Waals surface area contributed by atoms with Crippen LogP contribution >= 0.6 is 7.82 Å². The minimum Gasteiger partial charge on any atom is -0.756 e. The molecule has 2 fully saturated rings. The van der Waals surface area contributed by atoms with E-state index in [1.807, 2.05) is 6.07 Å². The standard InChI is InChI=1S/C18H21NO3.H3O4P.H2O/c1-19-8-7-18-11-4-5-13(20)17(18)22-16-14(21-2)6-3-10(15(16)18)9-12(11)19;1-5(2,3)4;/h3,6,11-12,17H,4-5,7-9H2,1-2H3;(H3,1,2,3,4);1H2. The largest absolute Gasteiger partial charge is 0.756 e. The van der Waals surface area contributed by atoms with Crippen molar-refractivity contribution in [3.8, 4) is 11.5 Å². The molecule has 5 atom stereocenters. The number of likely N-dealkylation sites (tertiary alicyclic amines) is 1. The highest BCUT2D eigenvalue weighted by Gasteiger charge is 2.67. The zero-order chi connectivity index (χ0) is 19.6. The van der Waals surface area contributed by atoms with Gasteiger partial charge >= 0.3 is 0 Å². The highest BCUT2D eigenvalue weighted by Crippen LogP contribution is 2.61. The van der Waals surface area contributed by atoms with Gasteiger partial charge in [0.1, 0.15) is 0 Å². The number of piperidine rings is 1. The van der Waals surface area contributed by atoms with Gasteiger partial charge in [-0.05, 0) is 18.1 Å². The minimum absolute atomic E-state index is 0. The molecule has 4 aliphatic rings. The molecule has 9 nitrogen and oxygen atoms in total. The van der Waals surface area contributed by atoms with Crippen LogP contribution < -0.4 is 19.3 Å². The van der Waals surface area contributed by atoms with Crippen LogP contribution in [0.5, 0.6) is 11.5 Å². The predicted molar refractivity (Wildman–Crippen MR) is 96.3 cm³/mol. The Morgan fingerprint density at radius 3 is 2.71 bits per heavy atom. The van der Waals surface area contributed by atoms with Gasteiger partial charge in [-0.1, -0.05) is 6.07 Å². The van der Waals surface area contributed by atoms with Crippen molar-refractivity contribution < 1.29 is 43.9 Å². The molecule has 2 aliphatic heterocycles. The van der Waals surface area contributed by atoms with Gasteiger partial charge in [0, 0.05) is 30.7 Å². The zero-order valence-corrected chi connectivity index (χ0v) is 16.7. The molecule has 5 N–H and O–H groups in total. The van der Waals surface area contributed by atoms with Gasteiger partial charge < -0.3 is 34.5 Å². The lowest BCUT2D eigenvalue weighted by atomic mass is 9.52. The molecule has 5 unspecified atom stereocenters. The number of phosphoric acid groups is 1. The molecule has 2 aliphatic carbocycles. The summed E-state index contributed by atoms with van der Waals surface area (Å²) in [6, 6.07) is 4.84. The van der Waals surface area contributed by atoms with Gasteiger partial charge in [0.05, 0.1) is 32.2 Å². The summed E-state index contributed by atoms with van der Waals surface area (Å²) in [5, 5.41) is 0. The van der Waals surface area contributed by atoms with Gasteiger partial charge in [0.2, 0.25) is 0 Å². The number of methoxy groups -OCH3 is 1. The van der Waals surface area contributed by atoms with Crippen LogP contribution in [0, 0.1) is 5.92 Å². The monoisotopic (exact) mass is 415 g/mol. The molecule has 1 aromatic carbocycles. The Labute approximate surface area is 162 Å². The second-order valence-corrected chi connectivity index (χ2v) is 8.91. The molecule has 1 saturated carbocycles. The molecule has 156 valence electrons. The van der Waals surface area contributed by atoms with Crippen LogP contribution in [-0.4, -0.2) is 53.9 Å². The molecule has 28 heavy (non-hydrogen) atoms. The average Bonchev–Trinajstić information content (AvgIpc) is 2.93. The Morgan fingerprint density at radius 2 is 2.07 bits per heavy atom. The van der Waals surface area contributed by atoms with E-state index in [1.54, 1.807) is 12.0 Å². The van der Waals surface area contributed by atoms with Gasteiger partial charge in [-0.2, -0.15) is 0 Å². The molecule has 1 aromatic rings. The van der Waals surface area contributed by atoms with Gasteiger partial charge in [-0.15, -0.1) is 0 Å². The maximum Gasteiger partial charge on any atom is 0.262 e. The maximum absolute atomic E-state index is 12.6. The molecule has 0 aromatic heterocycles. The quantitative estimate of drug-likeness (QED) is 0.455. The number of Topliss-reactive ketones (excluding diaryl/α,β-unsaturated/α-hetero) is 1. The fraction of sp³-hybridized carbons (Fsp3) is 0.611. The first-order chi connectivity index (χ1) is 12.7. The topological polar surface area (TPSA) is 152 Å². The highest BCUT2D eigenvalue weighted by atomic mass is 31.2. The first-order valence-corrected chi connectivity index (χ1v) is 10.7. The van der Waals surface area contributed by atoms with Gasteiger partial charge in [0.15, 0.2) is 23.4 Å². The smallest absolute Gasteiger partial charge is 0.262 e. The van der Waals surface area contributed by atoms with Crippen LogP contribution in [0.4, 0.5) is 0 Å². The number of carbonyl (C=O) groups is 1. The highest BCUT2D eigenvalue weighted by molar-refractivity contribution is 7.43. The number of quaternary nitrogens is 1. The minimum atomic E-state index is -4.89. The molecular formula is C18H26NO8P. The number of ketones is 1. The van der Waals surface area contributed by atoms with Crippen LogP contribution in [0.1, 0.15) is 30.4 Å². The molecule has 10 heteroatoms. The normalized spacial score (nSPS) is 34.2. The Kier molecular flexibility index (Phi) is 5.38. The van der Waals surface area contributed by atoms with E-state index < -0.39 is 7.82 Å². The van der Waals surface area contributed by atoms with E-state index in [9.17, 15) is 4.79 Å². The summed E-state index contributed by atoms with van der Waals surface area (Å²) in [6.45, 7) is 1.13. The number of nitrogens with one attached hydrogen (secondary N) is 1. The second-order valence-electron chi connectivity index (χ2n) is 7.93. The molecule has 5 rings (SSSR count). The molecule has 0 amide bonds. The van der Waals surface area contributed by atoms with Crippen molar-refractivity contribution >= 4 is 13.6 Å².